The maximum Gasteiger partial charge on any atom is 0.0285 e. The zero-order valence-electron chi connectivity index (χ0n) is 9.72. The van der Waals surface area contributed by atoms with Crippen LogP contribution in [0.15, 0.2) is 15.9 Å². The van der Waals surface area contributed by atoms with Gasteiger partial charge in [-0.1, -0.05) is 44.7 Å². The monoisotopic (exact) mass is 442 g/mol. The lowest BCUT2D eigenvalue weighted by molar-refractivity contribution is 0.234. The van der Waals surface area contributed by atoms with Gasteiger partial charge in [-0.2, -0.15) is 0 Å². The van der Waals surface area contributed by atoms with Gasteiger partial charge in [0.05, 0.1) is 0 Å². The fraction of sp³-hybridized carbons (Fsp3) is 0.692. The second-order valence-corrected chi connectivity index (χ2v) is 8.05. The number of thiophene rings is 1. The smallest absolute Gasteiger partial charge is 0.0285 e. The minimum absolute atomic E-state index is 0.404. The van der Waals surface area contributed by atoms with Gasteiger partial charge in [-0.3, -0.25) is 0 Å². The van der Waals surface area contributed by atoms with E-state index in [0.717, 1.165) is 16.6 Å². The Hall–Kier alpha value is 1.14. The Bertz CT molecular complexity index is 351. The van der Waals surface area contributed by atoms with Gasteiger partial charge in [0.2, 0.25) is 0 Å². The van der Waals surface area contributed by atoms with Gasteiger partial charge < -0.3 is 0 Å². The van der Waals surface area contributed by atoms with Crippen molar-refractivity contribution < 1.29 is 0 Å². The van der Waals surface area contributed by atoms with Crippen LogP contribution in [-0.4, -0.2) is 10.7 Å². The average molecular weight is 445 g/mol. The molecule has 96 valence electrons. The average Bonchev–Trinajstić information content (AvgIpc) is 2.98. The van der Waals surface area contributed by atoms with Gasteiger partial charge in [-0.25, -0.2) is 0 Å². The van der Waals surface area contributed by atoms with E-state index in [0.29, 0.717) is 5.41 Å². The molecule has 0 radical (unpaired) electrons. The number of alkyl halides is 2. The summed E-state index contributed by atoms with van der Waals surface area (Å²) < 4.78 is 1.22. The first kappa shape index (κ1) is 14.5. The van der Waals surface area contributed by atoms with E-state index in [4.69, 9.17) is 0 Å². The zero-order chi connectivity index (χ0) is 12.3. The first-order valence-electron chi connectivity index (χ1n) is 6.05. The Kier molecular flexibility index (Phi) is 5.59. The molecule has 0 atom stereocenters. The van der Waals surface area contributed by atoms with E-state index in [2.05, 4.69) is 59.2 Å². The molecule has 0 unspecified atom stereocenters. The molecule has 1 aliphatic rings. The zero-order valence-corrected chi connectivity index (χ0v) is 15.3. The number of halogens is 3. The van der Waals surface area contributed by atoms with Crippen molar-refractivity contribution >= 4 is 59.1 Å². The Morgan fingerprint density at radius 2 is 1.88 bits per heavy atom. The lowest BCUT2D eigenvalue weighted by atomic mass is 9.75. The van der Waals surface area contributed by atoms with E-state index in [9.17, 15) is 0 Å². The predicted octanol–water partition coefficient (Wildman–Crippen LogP) is 6.02. The summed E-state index contributed by atoms with van der Waals surface area (Å²) in [4.78, 5) is 1.50. The summed E-state index contributed by atoms with van der Waals surface area (Å²) in [6.07, 6.45) is 6.85. The molecular weight excluding hydrogens is 428 g/mol. The first-order chi connectivity index (χ1) is 8.20. The molecule has 1 aromatic rings. The highest BCUT2D eigenvalue weighted by molar-refractivity contribution is 9.10. The molecule has 2 rings (SSSR count). The fourth-order valence-electron chi connectivity index (χ4n) is 2.82. The first-order valence-corrected chi connectivity index (χ1v) is 9.96. The highest BCUT2D eigenvalue weighted by Crippen LogP contribution is 2.45. The van der Waals surface area contributed by atoms with Crippen molar-refractivity contribution in [2.24, 2.45) is 11.3 Å². The molecule has 1 heterocycles. The molecule has 17 heavy (non-hydrogen) atoms. The summed E-state index contributed by atoms with van der Waals surface area (Å²) in [5.41, 5.74) is 0.404. The summed E-state index contributed by atoms with van der Waals surface area (Å²) in [6.45, 7) is 0. The second kappa shape index (κ2) is 6.53. The lowest BCUT2D eigenvalue weighted by Crippen LogP contribution is -2.35. The van der Waals surface area contributed by atoms with Gasteiger partial charge in [-0.15, -0.1) is 11.3 Å². The predicted molar refractivity (Wildman–Crippen MR) is 87.7 cm³/mol. The van der Waals surface area contributed by atoms with Crippen LogP contribution >= 0.6 is 59.1 Å². The quantitative estimate of drug-likeness (QED) is 0.487. The third kappa shape index (κ3) is 3.37. The summed E-state index contributed by atoms with van der Waals surface area (Å²) in [6, 6.07) is 2.28. The molecule has 4 heteroatoms. The van der Waals surface area contributed by atoms with E-state index < -0.39 is 0 Å². The molecule has 0 nitrogen and oxygen atoms in total. The maximum atomic E-state index is 3.77. The van der Waals surface area contributed by atoms with Gasteiger partial charge in [0.25, 0.3) is 0 Å². The highest BCUT2D eigenvalue weighted by atomic mass is 79.9. The fourth-order valence-corrected chi connectivity index (χ4v) is 6.67. The van der Waals surface area contributed by atoms with Gasteiger partial charge in [0.15, 0.2) is 0 Å². The SMILES string of the molecule is BrCC(CBr)(Cc1cc(Br)cs1)C1CCCC1. The molecule has 1 saturated carbocycles. The Morgan fingerprint density at radius 1 is 1.24 bits per heavy atom. The van der Waals surface area contributed by atoms with E-state index in [1.54, 1.807) is 0 Å². The Morgan fingerprint density at radius 3 is 2.35 bits per heavy atom. The number of rotatable bonds is 5. The van der Waals surface area contributed by atoms with Gasteiger partial charge >= 0.3 is 0 Å². The lowest BCUT2D eigenvalue weighted by Gasteiger charge is -2.36. The van der Waals surface area contributed by atoms with Crippen molar-refractivity contribution in [3.63, 3.8) is 0 Å². The molecule has 0 bridgehead atoms. The van der Waals surface area contributed by atoms with Gasteiger partial charge in [-0.05, 0) is 52.6 Å². The minimum atomic E-state index is 0.404. The number of hydrogen-bond donors (Lipinski definition) is 0. The van der Waals surface area contributed by atoms with Crippen molar-refractivity contribution in [3.05, 3.63) is 20.8 Å². The van der Waals surface area contributed by atoms with E-state index in [1.165, 1.54) is 41.5 Å². The second-order valence-electron chi connectivity index (χ2n) is 5.02. The molecule has 0 aliphatic heterocycles. The summed E-state index contributed by atoms with van der Waals surface area (Å²) >= 11 is 13.0. The molecular formula is C13H17Br3S. The maximum absolute atomic E-state index is 3.77. The molecule has 0 spiro atoms. The standard InChI is InChI=1S/C13H17Br3S/c14-8-13(9-15,10-3-1-2-4-10)6-12-5-11(16)7-17-12/h5,7,10H,1-4,6,8-9H2. The minimum Gasteiger partial charge on any atom is -0.148 e. The van der Waals surface area contributed by atoms with Crippen molar-refractivity contribution in [1.82, 2.24) is 0 Å². The van der Waals surface area contributed by atoms with Crippen LogP contribution < -0.4 is 0 Å². The van der Waals surface area contributed by atoms with Gasteiger partial charge in [0.1, 0.15) is 0 Å². The van der Waals surface area contributed by atoms with Crippen LogP contribution in [0.5, 0.6) is 0 Å². The van der Waals surface area contributed by atoms with Crippen molar-refractivity contribution in [2.75, 3.05) is 10.7 Å². The Labute approximate surface area is 133 Å². The molecule has 0 saturated heterocycles. The van der Waals surface area contributed by atoms with Crippen LogP contribution in [0.1, 0.15) is 30.6 Å². The van der Waals surface area contributed by atoms with Crippen LogP contribution in [-0.2, 0) is 6.42 Å². The third-order valence-corrected chi connectivity index (χ3v) is 7.83. The summed E-state index contributed by atoms with van der Waals surface area (Å²) in [5, 5.41) is 4.40. The van der Waals surface area contributed by atoms with Gasteiger partial charge in [0, 0.05) is 25.4 Å². The highest BCUT2D eigenvalue weighted by Gasteiger charge is 2.38. The van der Waals surface area contributed by atoms with Crippen molar-refractivity contribution in [3.8, 4) is 0 Å². The third-order valence-electron chi connectivity index (χ3n) is 3.90. The largest absolute Gasteiger partial charge is 0.148 e. The molecule has 0 N–H and O–H groups in total. The summed E-state index contributed by atoms with van der Waals surface area (Å²) in [7, 11) is 0. The van der Waals surface area contributed by atoms with Crippen LogP contribution in [0.2, 0.25) is 0 Å². The van der Waals surface area contributed by atoms with E-state index >= 15 is 0 Å². The van der Waals surface area contributed by atoms with E-state index in [1.807, 2.05) is 11.3 Å². The van der Waals surface area contributed by atoms with Crippen LogP contribution in [0, 0.1) is 11.3 Å². The van der Waals surface area contributed by atoms with Crippen molar-refractivity contribution in [1.29, 1.82) is 0 Å². The van der Waals surface area contributed by atoms with Crippen LogP contribution in [0.25, 0.3) is 0 Å². The molecule has 1 aromatic heterocycles. The molecule has 1 fully saturated rings. The Balaban J connectivity index is 2.15. The number of hydrogen-bond acceptors (Lipinski definition) is 1. The van der Waals surface area contributed by atoms with E-state index in [-0.39, 0.29) is 0 Å². The van der Waals surface area contributed by atoms with Crippen molar-refractivity contribution in [2.45, 2.75) is 32.1 Å². The molecule has 0 amide bonds. The van der Waals surface area contributed by atoms with Crippen LogP contribution in [0.4, 0.5) is 0 Å². The molecule has 0 aromatic carbocycles. The summed E-state index contributed by atoms with van der Waals surface area (Å²) in [5.74, 6) is 0.877. The normalized spacial score (nSPS) is 17.8. The molecule has 1 aliphatic carbocycles. The van der Waals surface area contributed by atoms with Crippen LogP contribution in [0.3, 0.4) is 0 Å². The topological polar surface area (TPSA) is 0 Å².